The summed E-state index contributed by atoms with van der Waals surface area (Å²) in [6.45, 7) is 0. The van der Waals surface area contributed by atoms with Gasteiger partial charge < -0.3 is 4.90 Å². The average Bonchev–Trinajstić information content (AvgIpc) is 2.53. The average molecular weight is 382 g/mol. The zero-order chi connectivity index (χ0) is 17.7. The number of sulfone groups is 1. The maximum Gasteiger partial charge on any atom is 0.201 e. The van der Waals surface area contributed by atoms with Crippen molar-refractivity contribution in [1.82, 2.24) is 4.90 Å². The van der Waals surface area contributed by atoms with Crippen molar-refractivity contribution in [3.63, 3.8) is 0 Å². The van der Waals surface area contributed by atoms with Crippen LogP contribution in [0.25, 0.3) is 11.0 Å². The fraction of sp³-hybridized carbons (Fsp3) is 0.111. The molecule has 2 aromatic rings. The molecule has 0 radical (unpaired) electrons. The predicted octanol–water partition coefficient (Wildman–Crippen LogP) is 4.94. The van der Waals surface area contributed by atoms with Gasteiger partial charge in [-0.25, -0.2) is 8.42 Å². The van der Waals surface area contributed by atoms with Crippen LogP contribution in [0.5, 0.6) is 0 Å². The lowest BCUT2D eigenvalue weighted by Crippen LogP contribution is -2.07. The number of benzene rings is 2. The van der Waals surface area contributed by atoms with Crippen LogP contribution < -0.4 is 0 Å². The van der Waals surface area contributed by atoms with Crippen LogP contribution in [0.1, 0.15) is 11.1 Å². The molecule has 0 N–H and O–H groups in total. The first kappa shape index (κ1) is 18.6. The predicted molar refractivity (Wildman–Crippen MR) is 103 cm³/mol. The van der Waals surface area contributed by atoms with Crippen LogP contribution >= 0.6 is 23.2 Å². The van der Waals surface area contributed by atoms with Crippen molar-refractivity contribution < 1.29 is 8.42 Å². The highest BCUT2D eigenvalue weighted by Gasteiger charge is 2.17. The van der Waals surface area contributed by atoms with Crippen LogP contribution in [0.2, 0.25) is 10.0 Å². The summed E-state index contributed by atoms with van der Waals surface area (Å²) in [5, 5.41) is 2.35. The lowest BCUT2D eigenvalue weighted by atomic mass is 10.2. The molecule has 0 heterocycles. The summed E-state index contributed by atoms with van der Waals surface area (Å²) in [6, 6.07) is 13.6. The van der Waals surface area contributed by atoms with Crippen molar-refractivity contribution in [3.05, 3.63) is 81.3 Å². The molecule has 126 valence electrons. The number of nitrogens with zero attached hydrogens (tertiary/aromatic N) is 1. The SMILES string of the molecule is CN(C)/C=C(/c1ccc(Cl)cc1)S(=O)(=O)/C=C/c1ccc(Cl)cc1. The van der Waals surface area contributed by atoms with Crippen LogP contribution in [0.15, 0.2) is 60.1 Å². The Morgan fingerprint density at radius 2 is 1.42 bits per heavy atom. The highest BCUT2D eigenvalue weighted by atomic mass is 35.5. The molecule has 0 aliphatic rings. The number of hydrogen-bond donors (Lipinski definition) is 0. The zero-order valence-electron chi connectivity index (χ0n) is 13.3. The summed E-state index contributed by atoms with van der Waals surface area (Å²) in [6.07, 6.45) is 3.12. The van der Waals surface area contributed by atoms with E-state index < -0.39 is 9.84 Å². The van der Waals surface area contributed by atoms with E-state index in [2.05, 4.69) is 0 Å². The largest absolute Gasteiger partial charge is 0.382 e. The lowest BCUT2D eigenvalue weighted by Gasteiger charge is -2.11. The monoisotopic (exact) mass is 381 g/mol. The van der Waals surface area contributed by atoms with Gasteiger partial charge in [0, 0.05) is 35.7 Å². The van der Waals surface area contributed by atoms with Crippen LogP contribution in [0, 0.1) is 0 Å². The van der Waals surface area contributed by atoms with Crippen LogP contribution in [-0.2, 0) is 9.84 Å². The van der Waals surface area contributed by atoms with Crippen molar-refractivity contribution in [2.45, 2.75) is 0 Å². The highest BCUT2D eigenvalue weighted by Crippen LogP contribution is 2.25. The molecule has 0 saturated heterocycles. The molecule has 0 aliphatic heterocycles. The van der Waals surface area contributed by atoms with Crippen molar-refractivity contribution >= 4 is 44.0 Å². The minimum Gasteiger partial charge on any atom is -0.382 e. The minimum atomic E-state index is -3.63. The number of hydrogen-bond acceptors (Lipinski definition) is 3. The van der Waals surface area contributed by atoms with Gasteiger partial charge in [0.1, 0.15) is 0 Å². The van der Waals surface area contributed by atoms with Crippen molar-refractivity contribution in [2.75, 3.05) is 14.1 Å². The van der Waals surface area contributed by atoms with Gasteiger partial charge in [0.25, 0.3) is 0 Å². The molecule has 0 unspecified atom stereocenters. The van der Waals surface area contributed by atoms with E-state index in [1.165, 1.54) is 5.41 Å². The third kappa shape index (κ3) is 5.13. The van der Waals surface area contributed by atoms with Gasteiger partial charge >= 0.3 is 0 Å². The fourth-order valence-corrected chi connectivity index (χ4v) is 3.53. The first-order chi connectivity index (χ1) is 11.3. The highest BCUT2D eigenvalue weighted by molar-refractivity contribution is 8.03. The normalized spacial score (nSPS) is 12.6. The Hall–Kier alpha value is -1.75. The van der Waals surface area contributed by atoms with E-state index in [-0.39, 0.29) is 4.91 Å². The zero-order valence-corrected chi connectivity index (χ0v) is 15.6. The van der Waals surface area contributed by atoms with E-state index >= 15 is 0 Å². The second-order valence-electron chi connectivity index (χ2n) is 5.36. The Morgan fingerprint density at radius 1 is 0.917 bits per heavy atom. The Balaban J connectivity index is 2.40. The van der Waals surface area contributed by atoms with Crippen LogP contribution in [0.4, 0.5) is 0 Å². The third-order valence-corrected chi connectivity index (χ3v) is 5.07. The quantitative estimate of drug-likeness (QED) is 0.735. The molecule has 0 spiro atoms. The molecule has 24 heavy (non-hydrogen) atoms. The first-order valence-corrected chi connectivity index (χ1v) is 9.41. The van der Waals surface area contributed by atoms with Gasteiger partial charge in [0.05, 0.1) is 4.91 Å². The van der Waals surface area contributed by atoms with E-state index in [1.54, 1.807) is 79.8 Å². The summed E-state index contributed by atoms with van der Waals surface area (Å²) < 4.78 is 25.5. The molecule has 6 heteroatoms. The second-order valence-corrected chi connectivity index (χ2v) is 8.04. The van der Waals surface area contributed by atoms with E-state index in [4.69, 9.17) is 23.2 Å². The molecule has 0 bridgehead atoms. The lowest BCUT2D eigenvalue weighted by molar-refractivity contribution is 0.565. The standard InChI is InChI=1S/C18H17Cl2NO2S/c1-21(2)13-18(15-5-9-17(20)10-6-15)24(22,23)12-11-14-3-7-16(19)8-4-14/h3-13H,1-2H3/b12-11+,18-13-. The summed E-state index contributed by atoms with van der Waals surface area (Å²) in [4.78, 5) is 1.90. The van der Waals surface area contributed by atoms with Crippen molar-refractivity contribution in [1.29, 1.82) is 0 Å². The smallest absolute Gasteiger partial charge is 0.201 e. The maximum atomic E-state index is 12.8. The molecular formula is C18H17Cl2NO2S. The van der Waals surface area contributed by atoms with E-state index in [9.17, 15) is 8.42 Å². The molecule has 0 aliphatic carbocycles. The second kappa shape index (κ2) is 7.88. The number of rotatable bonds is 5. The van der Waals surface area contributed by atoms with Gasteiger partial charge in [-0.2, -0.15) is 0 Å². The molecule has 3 nitrogen and oxygen atoms in total. The fourth-order valence-electron chi connectivity index (χ4n) is 1.98. The first-order valence-electron chi connectivity index (χ1n) is 7.11. The maximum absolute atomic E-state index is 12.8. The van der Waals surface area contributed by atoms with E-state index in [1.807, 2.05) is 0 Å². The summed E-state index contributed by atoms with van der Waals surface area (Å²) in [5.41, 5.74) is 1.33. The molecule has 0 fully saturated rings. The minimum absolute atomic E-state index is 0.203. The Morgan fingerprint density at radius 3 is 1.92 bits per heavy atom. The summed E-state index contributed by atoms with van der Waals surface area (Å²) >= 11 is 11.7. The van der Waals surface area contributed by atoms with Gasteiger partial charge in [0.15, 0.2) is 0 Å². The Kier molecular flexibility index (Phi) is 6.10. The third-order valence-electron chi connectivity index (χ3n) is 3.12. The van der Waals surface area contributed by atoms with Crippen molar-refractivity contribution in [2.24, 2.45) is 0 Å². The van der Waals surface area contributed by atoms with Gasteiger partial charge in [0.2, 0.25) is 9.84 Å². The summed E-state index contributed by atoms with van der Waals surface area (Å²) in [7, 11) is -0.0845. The molecular weight excluding hydrogens is 365 g/mol. The van der Waals surface area contributed by atoms with E-state index in [0.717, 1.165) is 5.56 Å². The topological polar surface area (TPSA) is 37.4 Å². The van der Waals surface area contributed by atoms with E-state index in [0.29, 0.717) is 15.6 Å². The van der Waals surface area contributed by atoms with Gasteiger partial charge in [-0.05, 0) is 41.5 Å². The van der Waals surface area contributed by atoms with Gasteiger partial charge in [-0.15, -0.1) is 0 Å². The molecule has 0 saturated carbocycles. The molecule has 2 aromatic carbocycles. The van der Waals surface area contributed by atoms with Crippen LogP contribution in [-0.4, -0.2) is 27.4 Å². The Bertz CT molecular complexity index is 853. The number of halogens is 2. The molecule has 0 atom stereocenters. The van der Waals surface area contributed by atoms with Crippen LogP contribution in [0.3, 0.4) is 0 Å². The molecule has 0 amide bonds. The summed E-state index contributed by atoms with van der Waals surface area (Å²) in [5.74, 6) is 0. The van der Waals surface area contributed by atoms with Gasteiger partial charge in [-0.3, -0.25) is 0 Å². The molecule has 0 aromatic heterocycles. The molecule has 2 rings (SSSR count). The van der Waals surface area contributed by atoms with Gasteiger partial charge in [-0.1, -0.05) is 47.5 Å². The Labute approximate surface area is 152 Å². The van der Waals surface area contributed by atoms with Crippen molar-refractivity contribution in [3.8, 4) is 0 Å².